The molecule has 0 spiro atoms. The molecule has 0 saturated carbocycles. The quantitative estimate of drug-likeness (QED) is 0.896. The Morgan fingerprint density at radius 2 is 1.86 bits per heavy atom. The summed E-state index contributed by atoms with van der Waals surface area (Å²) < 4.78 is 11.3. The molecule has 21 heavy (non-hydrogen) atoms. The van der Waals surface area contributed by atoms with E-state index >= 15 is 0 Å². The van der Waals surface area contributed by atoms with Crippen LogP contribution in [0.5, 0.6) is 11.5 Å². The van der Waals surface area contributed by atoms with Gasteiger partial charge in [-0.3, -0.25) is 0 Å². The van der Waals surface area contributed by atoms with Crippen molar-refractivity contribution in [2.24, 2.45) is 0 Å². The Labute approximate surface area is 131 Å². The van der Waals surface area contributed by atoms with Gasteiger partial charge in [0.2, 0.25) is 0 Å². The third kappa shape index (κ3) is 3.82. The van der Waals surface area contributed by atoms with E-state index in [1.807, 2.05) is 26.0 Å². The highest BCUT2D eigenvalue weighted by Gasteiger charge is 2.34. The summed E-state index contributed by atoms with van der Waals surface area (Å²) in [6.45, 7) is 9.37. The molecule has 4 nitrogen and oxygen atoms in total. The van der Waals surface area contributed by atoms with E-state index in [4.69, 9.17) is 21.1 Å². The van der Waals surface area contributed by atoms with Crippen LogP contribution in [0, 0.1) is 0 Å². The van der Waals surface area contributed by atoms with Crippen LogP contribution in [-0.4, -0.2) is 29.5 Å². The minimum Gasteiger partial charge on any atom is -0.489 e. The minimum absolute atomic E-state index is 0.427. The minimum atomic E-state index is -0.831. The SMILES string of the molecule is CC(C)(O)C(C)(C)NCc1cc(Cl)c2c(c1)OCCCO2. The molecule has 5 heteroatoms. The van der Waals surface area contributed by atoms with E-state index in [2.05, 4.69) is 5.32 Å². The lowest BCUT2D eigenvalue weighted by Crippen LogP contribution is -2.55. The Kier molecular flexibility index (Phi) is 4.71. The number of benzene rings is 1. The standard InChI is InChI=1S/C16H24ClNO3/c1-15(2,16(3,4)19)18-10-11-8-12(17)14-13(9-11)20-6-5-7-21-14/h8-9,18-19H,5-7,10H2,1-4H3. The smallest absolute Gasteiger partial charge is 0.179 e. The van der Waals surface area contributed by atoms with Crippen LogP contribution in [0.15, 0.2) is 12.1 Å². The van der Waals surface area contributed by atoms with E-state index in [1.54, 1.807) is 13.8 Å². The summed E-state index contributed by atoms with van der Waals surface area (Å²) in [5.41, 5.74) is -0.257. The second kappa shape index (κ2) is 6.03. The van der Waals surface area contributed by atoms with E-state index in [9.17, 15) is 5.11 Å². The molecule has 0 fully saturated rings. The van der Waals surface area contributed by atoms with Crippen molar-refractivity contribution in [2.75, 3.05) is 13.2 Å². The van der Waals surface area contributed by atoms with Gasteiger partial charge in [-0.05, 0) is 45.4 Å². The number of nitrogens with one attached hydrogen (secondary N) is 1. The molecule has 0 aliphatic carbocycles. The molecule has 118 valence electrons. The Hall–Kier alpha value is -0.970. The maximum atomic E-state index is 10.2. The second-order valence-electron chi connectivity index (χ2n) is 6.49. The van der Waals surface area contributed by atoms with Crippen LogP contribution in [0.4, 0.5) is 0 Å². The summed E-state index contributed by atoms with van der Waals surface area (Å²) in [5.74, 6) is 1.32. The highest BCUT2D eigenvalue weighted by atomic mass is 35.5. The van der Waals surface area contributed by atoms with Crippen molar-refractivity contribution in [1.82, 2.24) is 5.32 Å². The maximum absolute atomic E-state index is 10.2. The van der Waals surface area contributed by atoms with Crippen molar-refractivity contribution in [1.29, 1.82) is 0 Å². The largest absolute Gasteiger partial charge is 0.489 e. The molecule has 2 rings (SSSR count). The maximum Gasteiger partial charge on any atom is 0.179 e. The average Bonchev–Trinajstić information content (AvgIpc) is 2.60. The monoisotopic (exact) mass is 313 g/mol. The Balaban J connectivity index is 2.15. The van der Waals surface area contributed by atoms with Crippen molar-refractivity contribution >= 4 is 11.6 Å². The zero-order chi connectivity index (χ0) is 15.7. The van der Waals surface area contributed by atoms with Gasteiger partial charge in [0.15, 0.2) is 11.5 Å². The average molecular weight is 314 g/mol. The summed E-state index contributed by atoms with van der Waals surface area (Å²) >= 11 is 6.28. The van der Waals surface area contributed by atoms with Crippen LogP contribution in [0.25, 0.3) is 0 Å². The normalized spacial score (nSPS) is 15.7. The van der Waals surface area contributed by atoms with Crippen LogP contribution < -0.4 is 14.8 Å². The highest BCUT2D eigenvalue weighted by molar-refractivity contribution is 6.32. The lowest BCUT2D eigenvalue weighted by atomic mass is 9.86. The first kappa shape index (κ1) is 16.4. The number of halogens is 1. The van der Waals surface area contributed by atoms with Gasteiger partial charge in [0.25, 0.3) is 0 Å². The van der Waals surface area contributed by atoms with Gasteiger partial charge in [0.1, 0.15) is 0 Å². The number of rotatable bonds is 4. The van der Waals surface area contributed by atoms with Crippen molar-refractivity contribution in [3.63, 3.8) is 0 Å². The van der Waals surface area contributed by atoms with Gasteiger partial charge in [0, 0.05) is 18.5 Å². The van der Waals surface area contributed by atoms with Crippen molar-refractivity contribution in [3.8, 4) is 11.5 Å². The number of hydrogen-bond donors (Lipinski definition) is 2. The van der Waals surface area contributed by atoms with Crippen LogP contribution in [0.2, 0.25) is 5.02 Å². The third-order valence-corrected chi connectivity index (χ3v) is 4.41. The van der Waals surface area contributed by atoms with Gasteiger partial charge in [-0.25, -0.2) is 0 Å². The molecule has 1 aliphatic heterocycles. The number of ether oxygens (including phenoxy) is 2. The molecule has 0 saturated heterocycles. The number of hydrogen-bond acceptors (Lipinski definition) is 4. The molecule has 0 atom stereocenters. The summed E-state index contributed by atoms with van der Waals surface area (Å²) in [5, 5.41) is 14.1. The van der Waals surface area contributed by atoms with Crippen molar-refractivity contribution in [3.05, 3.63) is 22.7 Å². The molecule has 1 aliphatic rings. The fourth-order valence-electron chi connectivity index (χ4n) is 1.93. The van der Waals surface area contributed by atoms with Gasteiger partial charge in [-0.1, -0.05) is 11.6 Å². The summed E-state index contributed by atoms with van der Waals surface area (Å²) in [7, 11) is 0. The van der Waals surface area contributed by atoms with Gasteiger partial charge >= 0.3 is 0 Å². The molecule has 0 bridgehead atoms. The Morgan fingerprint density at radius 3 is 2.52 bits per heavy atom. The highest BCUT2D eigenvalue weighted by Crippen LogP contribution is 2.38. The molecule has 2 N–H and O–H groups in total. The lowest BCUT2D eigenvalue weighted by molar-refractivity contribution is -0.00532. The van der Waals surface area contributed by atoms with Crippen LogP contribution in [0.1, 0.15) is 39.7 Å². The van der Waals surface area contributed by atoms with Crippen LogP contribution in [0.3, 0.4) is 0 Å². The number of aliphatic hydroxyl groups is 1. The van der Waals surface area contributed by atoms with E-state index in [0.717, 1.165) is 12.0 Å². The first-order chi connectivity index (χ1) is 9.71. The second-order valence-corrected chi connectivity index (χ2v) is 6.90. The molecule has 1 aromatic rings. The molecule has 0 amide bonds. The summed E-state index contributed by atoms with van der Waals surface area (Å²) in [6.07, 6.45) is 0.852. The first-order valence-corrected chi connectivity index (χ1v) is 7.64. The predicted octanol–water partition coefficient (Wildman–Crippen LogP) is 3.14. The fourth-order valence-corrected chi connectivity index (χ4v) is 2.21. The van der Waals surface area contributed by atoms with Gasteiger partial charge < -0.3 is 19.9 Å². The number of fused-ring (bicyclic) bond motifs is 1. The zero-order valence-corrected chi connectivity index (χ0v) is 13.9. The van der Waals surface area contributed by atoms with Gasteiger partial charge in [-0.15, -0.1) is 0 Å². The predicted molar refractivity (Wildman–Crippen MR) is 84.3 cm³/mol. The topological polar surface area (TPSA) is 50.7 Å². The zero-order valence-electron chi connectivity index (χ0n) is 13.1. The van der Waals surface area contributed by atoms with Gasteiger partial charge in [0.05, 0.1) is 23.8 Å². The van der Waals surface area contributed by atoms with E-state index in [0.29, 0.717) is 36.3 Å². The summed E-state index contributed by atoms with van der Waals surface area (Å²) in [6, 6.07) is 3.82. The van der Waals surface area contributed by atoms with Gasteiger partial charge in [-0.2, -0.15) is 0 Å². The molecular formula is C16H24ClNO3. The lowest BCUT2D eigenvalue weighted by Gasteiger charge is -2.38. The summed E-state index contributed by atoms with van der Waals surface area (Å²) in [4.78, 5) is 0. The molecule has 1 heterocycles. The van der Waals surface area contributed by atoms with Crippen LogP contribution >= 0.6 is 11.6 Å². The molecular weight excluding hydrogens is 290 g/mol. The Bertz CT molecular complexity index is 509. The molecule has 1 aromatic carbocycles. The molecule has 0 aromatic heterocycles. The van der Waals surface area contributed by atoms with Crippen LogP contribution in [-0.2, 0) is 6.54 Å². The molecule has 0 radical (unpaired) electrons. The fraction of sp³-hybridized carbons (Fsp3) is 0.625. The third-order valence-electron chi connectivity index (χ3n) is 4.13. The first-order valence-electron chi connectivity index (χ1n) is 7.26. The van der Waals surface area contributed by atoms with E-state index in [-0.39, 0.29) is 0 Å². The van der Waals surface area contributed by atoms with Crippen molar-refractivity contribution < 1.29 is 14.6 Å². The van der Waals surface area contributed by atoms with Crippen molar-refractivity contribution in [2.45, 2.75) is 51.8 Å². The van der Waals surface area contributed by atoms with E-state index in [1.165, 1.54) is 0 Å². The molecule has 0 unspecified atom stereocenters. The van der Waals surface area contributed by atoms with E-state index < -0.39 is 11.1 Å². The Morgan fingerprint density at radius 1 is 1.19 bits per heavy atom.